The van der Waals surface area contributed by atoms with E-state index < -0.39 is 30.9 Å². The Kier molecular flexibility index (Phi) is 4.22. The van der Waals surface area contributed by atoms with E-state index in [2.05, 4.69) is 4.98 Å². The summed E-state index contributed by atoms with van der Waals surface area (Å²) >= 11 is 1.36. The number of amides is 1. The summed E-state index contributed by atoms with van der Waals surface area (Å²) in [6.45, 7) is 0.551. The van der Waals surface area contributed by atoms with Crippen molar-refractivity contribution in [2.75, 3.05) is 13.1 Å². The third-order valence-corrected chi connectivity index (χ3v) is 3.63. The first-order valence-corrected chi connectivity index (χ1v) is 6.88. The molecule has 0 radical (unpaired) electrons. The molecule has 0 bridgehead atoms. The minimum absolute atomic E-state index is 0.0731. The van der Waals surface area contributed by atoms with Crippen LogP contribution >= 0.6 is 11.3 Å². The summed E-state index contributed by atoms with van der Waals surface area (Å²) in [7, 11) is 0. The summed E-state index contributed by atoms with van der Waals surface area (Å²) < 4.78 is 1.75. The molecule has 112 valence electrons. The second-order valence-corrected chi connectivity index (χ2v) is 5.31. The molecule has 0 spiro atoms. The quantitative estimate of drug-likeness (QED) is 0.790. The summed E-state index contributed by atoms with van der Waals surface area (Å²) in [4.78, 5) is 39.3. The van der Waals surface area contributed by atoms with Gasteiger partial charge in [0.15, 0.2) is 4.96 Å². The van der Waals surface area contributed by atoms with Crippen LogP contribution in [0.2, 0.25) is 0 Å². The van der Waals surface area contributed by atoms with Gasteiger partial charge in [0.05, 0.1) is 12.1 Å². The average molecular weight is 311 g/mol. The highest BCUT2D eigenvalue weighted by molar-refractivity contribution is 7.15. The number of fused-ring (bicyclic) bond motifs is 1. The smallest absolute Gasteiger partial charge is 0.323 e. The molecule has 0 saturated heterocycles. The first kappa shape index (κ1) is 15.0. The molecule has 0 saturated carbocycles. The van der Waals surface area contributed by atoms with Crippen molar-refractivity contribution in [3.8, 4) is 0 Å². The van der Waals surface area contributed by atoms with Crippen LogP contribution in [0.3, 0.4) is 0 Å². The zero-order valence-corrected chi connectivity index (χ0v) is 12.0. The minimum atomic E-state index is -1.25. The lowest BCUT2D eigenvalue weighted by molar-refractivity contribution is -0.149. The maximum Gasteiger partial charge on any atom is 0.323 e. The molecule has 2 N–H and O–H groups in total. The molecule has 2 heterocycles. The highest BCUT2D eigenvalue weighted by atomic mass is 32.1. The lowest BCUT2D eigenvalue weighted by Crippen LogP contribution is -2.40. The molecule has 21 heavy (non-hydrogen) atoms. The van der Waals surface area contributed by atoms with Crippen molar-refractivity contribution < 1.29 is 24.6 Å². The monoisotopic (exact) mass is 311 g/mol. The van der Waals surface area contributed by atoms with Gasteiger partial charge < -0.3 is 15.1 Å². The number of hydrogen-bond donors (Lipinski definition) is 2. The summed E-state index contributed by atoms with van der Waals surface area (Å²) in [5.41, 5.74) is 1.46. The molecule has 0 aliphatic carbocycles. The molecular formula is C12H13N3O5S. The number of aryl methyl sites for hydroxylation is 1. The van der Waals surface area contributed by atoms with Gasteiger partial charge >= 0.3 is 11.9 Å². The summed E-state index contributed by atoms with van der Waals surface area (Å²) in [5.74, 6) is -3.05. The van der Waals surface area contributed by atoms with Gasteiger partial charge in [0.2, 0.25) is 5.91 Å². The molecule has 0 unspecified atom stereocenters. The van der Waals surface area contributed by atoms with Gasteiger partial charge in [-0.2, -0.15) is 0 Å². The summed E-state index contributed by atoms with van der Waals surface area (Å²) in [5, 5.41) is 19.2. The predicted octanol–water partition coefficient (Wildman–Crippen LogP) is 0.245. The number of aliphatic carboxylic acids is 2. The van der Waals surface area contributed by atoms with Crippen molar-refractivity contribution in [1.82, 2.24) is 14.3 Å². The fourth-order valence-electron chi connectivity index (χ4n) is 1.89. The number of carboxylic acids is 2. The summed E-state index contributed by atoms with van der Waals surface area (Å²) in [6.07, 6.45) is 1.70. The minimum Gasteiger partial charge on any atom is -0.480 e. The van der Waals surface area contributed by atoms with Crippen LogP contribution in [0, 0.1) is 6.92 Å². The fourth-order valence-corrected chi connectivity index (χ4v) is 2.81. The Morgan fingerprint density at radius 3 is 2.48 bits per heavy atom. The topological polar surface area (TPSA) is 112 Å². The van der Waals surface area contributed by atoms with Gasteiger partial charge in [-0.3, -0.25) is 18.8 Å². The Labute approximate surface area is 123 Å². The van der Waals surface area contributed by atoms with E-state index in [1.54, 1.807) is 16.0 Å². The molecule has 0 aliphatic rings. The number of carbonyl (C=O) groups excluding carboxylic acids is 1. The summed E-state index contributed by atoms with van der Waals surface area (Å²) in [6, 6.07) is 0. The van der Waals surface area contributed by atoms with E-state index in [0.29, 0.717) is 5.69 Å². The van der Waals surface area contributed by atoms with E-state index in [0.717, 1.165) is 15.6 Å². The largest absolute Gasteiger partial charge is 0.480 e. The van der Waals surface area contributed by atoms with Crippen LogP contribution in [0.25, 0.3) is 4.96 Å². The van der Waals surface area contributed by atoms with Gasteiger partial charge in [-0.1, -0.05) is 0 Å². The van der Waals surface area contributed by atoms with E-state index in [1.807, 2.05) is 6.92 Å². The number of rotatable bonds is 6. The number of hydrogen-bond acceptors (Lipinski definition) is 5. The van der Waals surface area contributed by atoms with Crippen molar-refractivity contribution >= 4 is 34.1 Å². The van der Waals surface area contributed by atoms with Crippen molar-refractivity contribution in [1.29, 1.82) is 0 Å². The van der Waals surface area contributed by atoms with Gasteiger partial charge in [0.1, 0.15) is 13.1 Å². The van der Waals surface area contributed by atoms with Crippen molar-refractivity contribution in [3.05, 3.63) is 23.0 Å². The molecular weight excluding hydrogens is 298 g/mol. The number of imidazole rings is 1. The highest BCUT2D eigenvalue weighted by Crippen LogP contribution is 2.17. The van der Waals surface area contributed by atoms with Crippen molar-refractivity contribution in [2.45, 2.75) is 13.3 Å². The second-order valence-electron chi connectivity index (χ2n) is 4.48. The zero-order valence-electron chi connectivity index (χ0n) is 11.1. The first-order chi connectivity index (χ1) is 9.86. The lowest BCUT2D eigenvalue weighted by Gasteiger charge is -2.18. The number of aromatic nitrogens is 2. The molecule has 2 aromatic heterocycles. The Hall–Kier alpha value is -2.42. The molecule has 0 aromatic carbocycles. The normalized spacial score (nSPS) is 10.7. The van der Waals surface area contributed by atoms with E-state index >= 15 is 0 Å². The Bertz CT molecular complexity index is 689. The molecule has 0 atom stereocenters. The average Bonchev–Trinajstić information content (AvgIpc) is 2.88. The van der Waals surface area contributed by atoms with Crippen LogP contribution in [0.1, 0.15) is 11.4 Å². The predicted molar refractivity (Wildman–Crippen MR) is 73.4 cm³/mol. The van der Waals surface area contributed by atoms with E-state index in [1.165, 1.54) is 11.3 Å². The molecule has 2 aromatic rings. The van der Waals surface area contributed by atoms with Gasteiger partial charge in [0, 0.05) is 17.3 Å². The van der Waals surface area contributed by atoms with Gasteiger partial charge in [-0.25, -0.2) is 4.98 Å². The van der Waals surface area contributed by atoms with Crippen LogP contribution in [-0.4, -0.2) is 55.4 Å². The second kappa shape index (κ2) is 5.92. The molecule has 0 aliphatic heterocycles. The van der Waals surface area contributed by atoms with E-state index in [-0.39, 0.29) is 6.42 Å². The Balaban J connectivity index is 2.17. The standard InChI is InChI=1S/C12H13N3O5S/c1-7-3-15-8(6-21-12(15)13-7)2-9(16)14(4-10(17)18)5-11(19)20/h3,6H,2,4-5H2,1H3,(H,17,18)(H,19,20). The molecule has 0 fully saturated rings. The van der Waals surface area contributed by atoms with Crippen LogP contribution in [0.15, 0.2) is 11.6 Å². The maximum absolute atomic E-state index is 12.1. The number of carbonyl (C=O) groups is 3. The number of thiazole rings is 1. The van der Waals surface area contributed by atoms with E-state index in [9.17, 15) is 14.4 Å². The van der Waals surface area contributed by atoms with Gasteiger partial charge in [-0.15, -0.1) is 11.3 Å². The Morgan fingerprint density at radius 1 is 1.29 bits per heavy atom. The van der Waals surface area contributed by atoms with Crippen LogP contribution in [0.4, 0.5) is 0 Å². The van der Waals surface area contributed by atoms with Crippen LogP contribution in [0.5, 0.6) is 0 Å². The maximum atomic E-state index is 12.1. The van der Waals surface area contributed by atoms with Crippen LogP contribution in [-0.2, 0) is 20.8 Å². The highest BCUT2D eigenvalue weighted by Gasteiger charge is 2.21. The molecule has 9 heteroatoms. The molecule has 8 nitrogen and oxygen atoms in total. The number of nitrogens with zero attached hydrogens (tertiary/aromatic N) is 3. The van der Waals surface area contributed by atoms with Gasteiger partial charge in [0.25, 0.3) is 0 Å². The fraction of sp³-hybridized carbons (Fsp3) is 0.333. The van der Waals surface area contributed by atoms with E-state index in [4.69, 9.17) is 10.2 Å². The van der Waals surface area contributed by atoms with Crippen molar-refractivity contribution in [3.63, 3.8) is 0 Å². The van der Waals surface area contributed by atoms with Gasteiger partial charge in [-0.05, 0) is 6.92 Å². The SMILES string of the molecule is Cc1cn2c(CC(=O)N(CC(=O)O)CC(=O)O)csc2n1. The van der Waals surface area contributed by atoms with Crippen molar-refractivity contribution in [2.24, 2.45) is 0 Å². The first-order valence-electron chi connectivity index (χ1n) is 6.00. The molecule has 2 rings (SSSR count). The lowest BCUT2D eigenvalue weighted by atomic mass is 10.3. The number of carboxylic acid groups (broad SMARTS) is 2. The zero-order chi connectivity index (χ0) is 15.6. The van der Waals surface area contributed by atoms with Crippen LogP contribution < -0.4 is 0 Å². The third kappa shape index (κ3) is 3.57. The Morgan fingerprint density at radius 2 is 1.90 bits per heavy atom. The third-order valence-electron chi connectivity index (χ3n) is 2.74. The molecule has 1 amide bonds.